The van der Waals surface area contributed by atoms with Gasteiger partial charge in [0, 0.05) is 12.1 Å². The van der Waals surface area contributed by atoms with Gasteiger partial charge in [0.05, 0.1) is 16.9 Å². The molecule has 0 bridgehead atoms. The third-order valence-electron chi connectivity index (χ3n) is 3.23. The number of rotatable bonds is 8. The van der Waals surface area contributed by atoms with Crippen molar-refractivity contribution in [3.05, 3.63) is 46.5 Å². The van der Waals surface area contributed by atoms with Crippen LogP contribution in [0.4, 0.5) is 18.9 Å². The normalized spacial score (nSPS) is 14.2. The Morgan fingerprint density at radius 2 is 1.89 bits per heavy atom. The molecular formula is C14H17ClF3N3O6S. The van der Waals surface area contributed by atoms with E-state index in [9.17, 15) is 36.5 Å². The number of benzene rings is 1. The van der Waals surface area contributed by atoms with Crippen molar-refractivity contribution >= 4 is 34.1 Å². The van der Waals surface area contributed by atoms with E-state index in [1.54, 1.807) is 0 Å². The first-order chi connectivity index (χ1) is 12.4. The molecule has 3 N–H and O–H groups in total. The van der Waals surface area contributed by atoms with Crippen LogP contribution in [0.25, 0.3) is 0 Å². The van der Waals surface area contributed by atoms with E-state index in [-0.39, 0.29) is 23.0 Å². The van der Waals surface area contributed by atoms with Gasteiger partial charge >= 0.3 is 12.1 Å². The second-order valence-electron chi connectivity index (χ2n) is 5.18. The molecule has 0 saturated carbocycles. The average molecular weight is 448 g/mol. The minimum absolute atomic E-state index is 0. The molecule has 0 fully saturated rings. The molecule has 0 amide bonds. The topological polar surface area (TPSA) is 142 Å². The Kier molecular flexibility index (Phi) is 9.54. The lowest BCUT2D eigenvalue weighted by Gasteiger charge is -2.16. The van der Waals surface area contributed by atoms with Crippen LogP contribution in [-0.4, -0.2) is 44.7 Å². The number of hydrogen-bond acceptors (Lipinski definition) is 7. The zero-order valence-corrected chi connectivity index (χ0v) is 15.9. The average Bonchev–Trinajstić information content (AvgIpc) is 2.59. The van der Waals surface area contributed by atoms with Gasteiger partial charge in [0.2, 0.25) is 10.0 Å². The summed E-state index contributed by atoms with van der Waals surface area (Å²) < 4.78 is 68.0. The van der Waals surface area contributed by atoms with Gasteiger partial charge in [0.15, 0.2) is 0 Å². The van der Waals surface area contributed by atoms with Gasteiger partial charge in [0.25, 0.3) is 5.69 Å². The second-order valence-corrected chi connectivity index (χ2v) is 6.89. The van der Waals surface area contributed by atoms with Crippen molar-refractivity contribution in [2.24, 2.45) is 5.73 Å². The van der Waals surface area contributed by atoms with Crippen LogP contribution in [0.1, 0.15) is 6.42 Å². The largest absolute Gasteiger partial charge is 0.468 e. The number of nitrogens with zero attached hydrogens (tertiary/aromatic N) is 1. The second kappa shape index (κ2) is 10.4. The molecule has 0 unspecified atom stereocenters. The Morgan fingerprint density at radius 3 is 2.32 bits per heavy atom. The minimum atomic E-state index is -4.68. The Balaban J connectivity index is 0.00000729. The van der Waals surface area contributed by atoms with E-state index < -0.39 is 45.6 Å². The van der Waals surface area contributed by atoms with Gasteiger partial charge < -0.3 is 10.5 Å². The first-order valence-electron chi connectivity index (χ1n) is 7.22. The highest BCUT2D eigenvalue weighted by Gasteiger charge is 2.34. The van der Waals surface area contributed by atoms with Gasteiger partial charge in [-0.1, -0.05) is 12.2 Å². The van der Waals surface area contributed by atoms with Crippen molar-refractivity contribution in [1.29, 1.82) is 0 Å². The Bertz CT molecular complexity index is 815. The number of nitro benzene ring substituents is 1. The molecule has 0 heterocycles. The summed E-state index contributed by atoms with van der Waals surface area (Å²) in [6, 6.07) is -0.00327. The summed E-state index contributed by atoms with van der Waals surface area (Å²) in [6.07, 6.45) is -3.66. The number of nitrogens with two attached hydrogens (primary N) is 1. The number of non-ortho nitro benzene ring substituents is 1. The van der Waals surface area contributed by atoms with E-state index in [4.69, 9.17) is 5.73 Å². The molecule has 0 radical (unpaired) electrons. The van der Waals surface area contributed by atoms with E-state index in [0.717, 1.165) is 37.5 Å². The quantitative estimate of drug-likeness (QED) is 0.267. The number of nitro groups is 1. The van der Waals surface area contributed by atoms with E-state index in [2.05, 4.69) is 4.74 Å². The fourth-order valence-corrected chi connectivity index (χ4v) is 3.00. The van der Waals surface area contributed by atoms with Crippen molar-refractivity contribution in [2.45, 2.75) is 29.6 Å². The van der Waals surface area contributed by atoms with Crippen molar-refractivity contribution in [2.75, 3.05) is 7.11 Å². The summed E-state index contributed by atoms with van der Waals surface area (Å²) in [7, 11) is -3.32. The molecule has 0 saturated heterocycles. The number of esters is 1. The van der Waals surface area contributed by atoms with Crippen LogP contribution < -0.4 is 10.5 Å². The predicted octanol–water partition coefficient (Wildman–Crippen LogP) is 1.67. The van der Waals surface area contributed by atoms with Gasteiger partial charge in [-0.2, -0.15) is 17.9 Å². The third-order valence-corrected chi connectivity index (χ3v) is 4.72. The number of ether oxygens (including phenoxy) is 1. The number of alkyl halides is 3. The first kappa shape index (κ1) is 25.8. The highest BCUT2D eigenvalue weighted by atomic mass is 35.5. The molecule has 2 atom stereocenters. The number of methoxy groups -OCH3 is 1. The van der Waals surface area contributed by atoms with E-state index in [1.165, 1.54) is 0 Å². The van der Waals surface area contributed by atoms with Gasteiger partial charge in [-0.25, -0.2) is 8.42 Å². The SMILES string of the molecule is COC(=O)[C@H](C/C=C/[C@@H](N)C(F)(F)F)NS(=O)(=O)c1ccc([N+](=O)[O-])cc1.Cl. The lowest BCUT2D eigenvalue weighted by atomic mass is 10.2. The molecule has 0 aromatic heterocycles. The molecule has 0 aliphatic heterocycles. The highest BCUT2D eigenvalue weighted by molar-refractivity contribution is 7.89. The van der Waals surface area contributed by atoms with Gasteiger partial charge in [0.1, 0.15) is 12.1 Å². The van der Waals surface area contributed by atoms with Crippen molar-refractivity contribution < 1.29 is 36.0 Å². The molecule has 1 aromatic carbocycles. The molecule has 14 heteroatoms. The summed E-state index contributed by atoms with van der Waals surface area (Å²) in [5.41, 5.74) is 4.54. The zero-order valence-electron chi connectivity index (χ0n) is 14.3. The first-order valence-corrected chi connectivity index (χ1v) is 8.70. The van der Waals surface area contributed by atoms with E-state index in [0.29, 0.717) is 6.08 Å². The lowest BCUT2D eigenvalue weighted by Crippen LogP contribution is -2.41. The van der Waals surface area contributed by atoms with Crippen LogP contribution in [0.15, 0.2) is 41.3 Å². The number of nitrogens with one attached hydrogen (secondary N) is 1. The molecule has 1 rings (SSSR count). The molecule has 0 spiro atoms. The fraction of sp³-hybridized carbons (Fsp3) is 0.357. The number of halogens is 4. The number of carbonyl (C=O) groups excluding carboxylic acids is 1. The number of hydrogen-bond donors (Lipinski definition) is 2. The standard InChI is InChI=1S/C14H16F3N3O6S.ClH/c1-26-13(21)11(3-2-4-12(18)14(15,16)17)19-27(24,25)10-7-5-9(6-8-10)20(22)23;/h2,4-8,11-12,19H,3,18H2,1H3;1H/b4-2+;/t11-,12+;/m0./s1. The smallest absolute Gasteiger partial charge is 0.407 e. The summed E-state index contributed by atoms with van der Waals surface area (Å²) in [5, 5.41) is 10.6. The Labute approximate surface area is 164 Å². The van der Waals surface area contributed by atoms with Gasteiger partial charge in [-0.15, -0.1) is 12.4 Å². The Morgan fingerprint density at radius 1 is 1.36 bits per heavy atom. The third kappa shape index (κ3) is 7.42. The van der Waals surface area contributed by atoms with Crippen molar-refractivity contribution in [3.8, 4) is 0 Å². The molecule has 9 nitrogen and oxygen atoms in total. The van der Waals surface area contributed by atoms with Crippen LogP contribution in [0, 0.1) is 10.1 Å². The van der Waals surface area contributed by atoms with Crippen molar-refractivity contribution in [3.63, 3.8) is 0 Å². The highest BCUT2D eigenvalue weighted by Crippen LogP contribution is 2.20. The molecule has 0 aliphatic rings. The zero-order chi connectivity index (χ0) is 20.8. The summed E-state index contributed by atoms with van der Waals surface area (Å²) in [4.78, 5) is 21.2. The maximum atomic E-state index is 12.4. The van der Waals surface area contributed by atoms with Gasteiger partial charge in [-0.05, 0) is 18.6 Å². The summed E-state index contributed by atoms with van der Waals surface area (Å²) >= 11 is 0. The molecule has 158 valence electrons. The lowest BCUT2D eigenvalue weighted by molar-refractivity contribution is -0.384. The summed E-state index contributed by atoms with van der Waals surface area (Å²) in [6.45, 7) is 0. The maximum Gasteiger partial charge on any atom is 0.407 e. The Hall–Kier alpha value is -2.22. The van der Waals surface area contributed by atoms with Crippen LogP contribution in [-0.2, 0) is 19.6 Å². The molecule has 1 aromatic rings. The van der Waals surface area contributed by atoms with Crippen molar-refractivity contribution in [1.82, 2.24) is 4.72 Å². The number of sulfonamides is 1. The molecular weight excluding hydrogens is 431 g/mol. The van der Waals surface area contributed by atoms with Crippen LogP contribution in [0.5, 0.6) is 0 Å². The maximum absolute atomic E-state index is 12.4. The van der Waals surface area contributed by atoms with E-state index in [1.807, 2.05) is 4.72 Å². The minimum Gasteiger partial charge on any atom is -0.468 e. The molecule has 28 heavy (non-hydrogen) atoms. The number of carbonyl (C=O) groups is 1. The monoisotopic (exact) mass is 447 g/mol. The van der Waals surface area contributed by atoms with Crippen LogP contribution >= 0.6 is 12.4 Å². The molecule has 0 aliphatic carbocycles. The van der Waals surface area contributed by atoms with Crippen LogP contribution in [0.3, 0.4) is 0 Å². The fourth-order valence-electron chi connectivity index (χ4n) is 1.81. The van der Waals surface area contributed by atoms with Gasteiger partial charge in [-0.3, -0.25) is 14.9 Å². The predicted molar refractivity (Wildman–Crippen MR) is 94.3 cm³/mol. The summed E-state index contributed by atoms with van der Waals surface area (Å²) in [5.74, 6) is -1.04. The van der Waals surface area contributed by atoms with Crippen LogP contribution in [0.2, 0.25) is 0 Å². The van der Waals surface area contributed by atoms with E-state index >= 15 is 0 Å².